The summed E-state index contributed by atoms with van der Waals surface area (Å²) < 4.78 is 21.3. The monoisotopic (exact) mass is 567 g/mol. The number of para-hydroxylation sites is 2. The van der Waals surface area contributed by atoms with Gasteiger partial charge in [-0.3, -0.25) is 0 Å². The van der Waals surface area contributed by atoms with E-state index in [2.05, 4.69) is 0 Å². The molecule has 0 amide bonds. The first-order valence-electron chi connectivity index (χ1n) is 13.8. The van der Waals surface area contributed by atoms with Crippen LogP contribution in [0.15, 0.2) is 91.3 Å². The lowest BCUT2D eigenvalue weighted by atomic mass is 9.84. The van der Waals surface area contributed by atoms with E-state index in [1.54, 1.807) is 25.1 Å². The third-order valence-corrected chi connectivity index (χ3v) is 7.79. The summed E-state index contributed by atoms with van der Waals surface area (Å²) >= 11 is 0. The Balaban J connectivity index is 1.37. The van der Waals surface area contributed by atoms with Crippen LogP contribution in [0.3, 0.4) is 0 Å². The Kier molecular flexibility index (Phi) is 5.61. The van der Waals surface area contributed by atoms with Gasteiger partial charge in [-0.15, -0.1) is 5.10 Å². The van der Waals surface area contributed by atoms with E-state index in [9.17, 15) is 0 Å². The highest BCUT2D eigenvalue weighted by Crippen LogP contribution is 2.50. The molecule has 10 nitrogen and oxygen atoms in total. The van der Waals surface area contributed by atoms with Crippen molar-refractivity contribution >= 4 is 16.6 Å². The fourth-order valence-corrected chi connectivity index (χ4v) is 5.79. The van der Waals surface area contributed by atoms with E-state index in [0.717, 1.165) is 39.0 Å². The summed E-state index contributed by atoms with van der Waals surface area (Å²) in [6.07, 6.45) is 1.62. The van der Waals surface area contributed by atoms with Gasteiger partial charge in [0.25, 0.3) is 0 Å². The van der Waals surface area contributed by atoms with Crippen molar-refractivity contribution in [3.63, 3.8) is 0 Å². The Morgan fingerprint density at radius 2 is 1.60 bits per heavy atom. The maximum atomic E-state index is 6.55. The Bertz CT molecular complexity index is 2170. The molecule has 1 aliphatic rings. The number of aromatic nitrogens is 7. The lowest BCUT2D eigenvalue weighted by Gasteiger charge is -2.26. The number of nitrogens with zero attached hydrogens (tertiary/aromatic N) is 7. The molecular formula is C33H25N7O3. The lowest BCUT2D eigenvalue weighted by molar-refractivity contribution is 0.354. The van der Waals surface area contributed by atoms with Crippen molar-refractivity contribution in [2.45, 2.75) is 12.8 Å². The quantitative estimate of drug-likeness (QED) is 0.245. The summed E-state index contributed by atoms with van der Waals surface area (Å²) in [7, 11) is 3.25. The number of methoxy groups -OCH3 is 2. The summed E-state index contributed by atoms with van der Waals surface area (Å²) in [6.45, 7) is 1.99. The van der Waals surface area contributed by atoms with Crippen LogP contribution in [0.2, 0.25) is 0 Å². The van der Waals surface area contributed by atoms with Crippen LogP contribution in [0.4, 0.5) is 0 Å². The van der Waals surface area contributed by atoms with Crippen molar-refractivity contribution in [3.8, 4) is 40.5 Å². The fourth-order valence-electron chi connectivity index (χ4n) is 5.79. The van der Waals surface area contributed by atoms with Gasteiger partial charge in [-0.2, -0.15) is 5.10 Å². The highest BCUT2D eigenvalue weighted by atomic mass is 16.5. The van der Waals surface area contributed by atoms with Crippen LogP contribution in [0.5, 0.6) is 23.3 Å². The molecule has 10 heteroatoms. The molecule has 0 fully saturated rings. The van der Waals surface area contributed by atoms with E-state index in [-0.39, 0.29) is 5.92 Å². The third-order valence-electron chi connectivity index (χ3n) is 7.79. The van der Waals surface area contributed by atoms with Crippen LogP contribution < -0.4 is 14.2 Å². The Morgan fingerprint density at radius 3 is 2.44 bits per heavy atom. The van der Waals surface area contributed by atoms with Crippen molar-refractivity contribution in [2.24, 2.45) is 0 Å². The molecule has 0 bridgehead atoms. The van der Waals surface area contributed by atoms with Gasteiger partial charge < -0.3 is 14.2 Å². The topological polar surface area (TPSA) is 101 Å². The molecule has 4 aromatic heterocycles. The zero-order valence-corrected chi connectivity index (χ0v) is 23.6. The van der Waals surface area contributed by atoms with Gasteiger partial charge >= 0.3 is 0 Å². The maximum absolute atomic E-state index is 6.55. The van der Waals surface area contributed by atoms with Gasteiger partial charge in [-0.1, -0.05) is 48.5 Å². The van der Waals surface area contributed by atoms with Gasteiger partial charge in [-0.25, -0.2) is 24.1 Å². The summed E-state index contributed by atoms with van der Waals surface area (Å²) in [5.41, 5.74) is 6.50. The average molecular weight is 568 g/mol. The second kappa shape index (κ2) is 9.66. The van der Waals surface area contributed by atoms with E-state index in [4.69, 9.17) is 39.4 Å². The second-order valence-corrected chi connectivity index (χ2v) is 10.3. The third kappa shape index (κ3) is 3.91. The van der Waals surface area contributed by atoms with Crippen LogP contribution >= 0.6 is 0 Å². The number of rotatable bonds is 5. The number of ether oxygens (including phenoxy) is 3. The SMILES string of the molecule is COc1ccc([C@H]2c3c(C)nn(-c4ccccc4)c3Oc3ncn4nc(-c5ccc6ccccc6n5)nc4c32)cc1OC. The van der Waals surface area contributed by atoms with Gasteiger partial charge in [0.05, 0.1) is 48.2 Å². The average Bonchev–Trinajstić information content (AvgIpc) is 3.65. The highest BCUT2D eigenvalue weighted by Gasteiger charge is 2.38. The summed E-state index contributed by atoms with van der Waals surface area (Å²) in [6, 6.07) is 27.8. The van der Waals surface area contributed by atoms with E-state index >= 15 is 0 Å². The van der Waals surface area contributed by atoms with E-state index in [1.807, 2.05) is 96.5 Å². The number of pyridine rings is 1. The molecule has 43 heavy (non-hydrogen) atoms. The van der Waals surface area contributed by atoms with Crippen LogP contribution in [0.25, 0.3) is 33.8 Å². The van der Waals surface area contributed by atoms with Crippen LogP contribution in [-0.4, -0.2) is 48.6 Å². The molecule has 0 unspecified atom stereocenters. The number of fused-ring (bicyclic) bond motifs is 5. The summed E-state index contributed by atoms with van der Waals surface area (Å²) in [4.78, 5) is 14.6. The van der Waals surface area contributed by atoms with Crippen LogP contribution in [0, 0.1) is 6.92 Å². The highest BCUT2D eigenvalue weighted by molar-refractivity contribution is 5.81. The van der Waals surface area contributed by atoms with Crippen LogP contribution in [0.1, 0.15) is 28.3 Å². The molecule has 0 saturated heterocycles. The molecule has 5 heterocycles. The molecule has 0 N–H and O–H groups in total. The van der Waals surface area contributed by atoms with E-state index in [1.165, 1.54) is 0 Å². The van der Waals surface area contributed by atoms with Crippen molar-refractivity contribution in [1.29, 1.82) is 0 Å². The minimum absolute atomic E-state index is 0.339. The normalized spacial score (nSPS) is 13.9. The molecule has 1 atom stereocenters. The number of aryl methyl sites for hydroxylation is 1. The molecule has 0 aliphatic carbocycles. The van der Waals surface area contributed by atoms with Crippen molar-refractivity contribution in [3.05, 3.63) is 114 Å². The van der Waals surface area contributed by atoms with Gasteiger partial charge in [0.1, 0.15) is 12.0 Å². The van der Waals surface area contributed by atoms with E-state index < -0.39 is 0 Å². The first-order valence-corrected chi connectivity index (χ1v) is 13.8. The Morgan fingerprint density at radius 1 is 0.791 bits per heavy atom. The number of hydrogen-bond donors (Lipinski definition) is 0. The molecular weight excluding hydrogens is 542 g/mol. The zero-order valence-electron chi connectivity index (χ0n) is 23.6. The Labute approximate surface area is 246 Å². The zero-order chi connectivity index (χ0) is 29.1. The number of benzene rings is 3. The van der Waals surface area contributed by atoms with Gasteiger partial charge in [0, 0.05) is 5.39 Å². The summed E-state index contributed by atoms with van der Waals surface area (Å²) in [5, 5.41) is 10.7. The lowest BCUT2D eigenvalue weighted by Crippen LogP contribution is -2.16. The van der Waals surface area contributed by atoms with Crippen molar-refractivity contribution in [2.75, 3.05) is 14.2 Å². The molecule has 0 radical (unpaired) electrons. The molecule has 3 aromatic carbocycles. The molecule has 0 spiro atoms. The second-order valence-electron chi connectivity index (χ2n) is 10.3. The van der Waals surface area contributed by atoms with Gasteiger partial charge in [0.15, 0.2) is 17.1 Å². The first-order chi connectivity index (χ1) is 21.1. The molecule has 0 saturated carbocycles. The largest absolute Gasteiger partial charge is 0.493 e. The van der Waals surface area contributed by atoms with Gasteiger partial charge in [0.2, 0.25) is 17.6 Å². The van der Waals surface area contributed by atoms with E-state index in [0.29, 0.717) is 40.4 Å². The molecule has 7 aromatic rings. The van der Waals surface area contributed by atoms with Crippen molar-refractivity contribution in [1.82, 2.24) is 34.3 Å². The number of hydrogen-bond acceptors (Lipinski definition) is 8. The summed E-state index contributed by atoms with van der Waals surface area (Å²) in [5.74, 6) is 2.44. The van der Waals surface area contributed by atoms with Gasteiger partial charge in [-0.05, 0) is 48.9 Å². The van der Waals surface area contributed by atoms with Crippen LogP contribution in [-0.2, 0) is 0 Å². The first kappa shape index (κ1) is 25.0. The molecule has 1 aliphatic heterocycles. The predicted molar refractivity (Wildman–Crippen MR) is 160 cm³/mol. The minimum atomic E-state index is -0.339. The molecule has 8 rings (SSSR count). The maximum Gasteiger partial charge on any atom is 0.230 e. The molecule has 210 valence electrons. The van der Waals surface area contributed by atoms with Crippen molar-refractivity contribution < 1.29 is 14.2 Å². The minimum Gasteiger partial charge on any atom is -0.493 e. The smallest absolute Gasteiger partial charge is 0.230 e. The fraction of sp³-hybridized carbons (Fsp3) is 0.121. The standard InChI is InChI=1S/C33H25N7O3/c1-19-27-28(21-14-16-25(41-2)26(17-21)42-3)29-31-36-30(24-15-13-20-9-7-8-12-23(20)35-24)38-39(31)18-34-32(29)43-33(27)40(37-19)22-10-5-4-6-11-22/h4-18,28H,1-3H3/t28-/m0/s1. The predicted octanol–water partition coefficient (Wildman–Crippen LogP) is 6.14. The Hall–Kier alpha value is -5.77.